The highest BCUT2D eigenvalue weighted by Gasteiger charge is 2.22. The van der Waals surface area contributed by atoms with E-state index in [0.29, 0.717) is 12.6 Å². The van der Waals surface area contributed by atoms with Gasteiger partial charge in [0.05, 0.1) is 16.8 Å². The first-order chi connectivity index (χ1) is 16.8. The largest absolute Gasteiger partial charge is 0.507 e. The predicted octanol–water partition coefficient (Wildman–Crippen LogP) is 4.54. The second kappa shape index (κ2) is 10.7. The molecule has 3 N–H and O–H groups in total. The molecule has 1 heterocycles. The lowest BCUT2D eigenvalue weighted by molar-refractivity contribution is 0.0698. The van der Waals surface area contributed by atoms with Gasteiger partial charge in [-0.1, -0.05) is 42.5 Å². The number of aromatic carboxylic acids is 1. The second-order valence-electron chi connectivity index (χ2n) is 9.21. The Kier molecular flexibility index (Phi) is 7.48. The number of amides is 1. The zero-order valence-corrected chi connectivity index (χ0v) is 20.1. The lowest BCUT2D eigenvalue weighted by atomic mass is 10.0. The number of rotatable bonds is 7. The van der Waals surface area contributed by atoms with Gasteiger partial charge in [0.15, 0.2) is 0 Å². The van der Waals surface area contributed by atoms with Crippen molar-refractivity contribution in [1.82, 2.24) is 9.80 Å². The maximum atomic E-state index is 13.1. The summed E-state index contributed by atoms with van der Waals surface area (Å²) < 4.78 is 0. The van der Waals surface area contributed by atoms with Crippen molar-refractivity contribution in [2.75, 3.05) is 32.5 Å². The van der Waals surface area contributed by atoms with Gasteiger partial charge in [0.25, 0.3) is 5.91 Å². The van der Waals surface area contributed by atoms with Crippen LogP contribution in [-0.4, -0.2) is 65.1 Å². The summed E-state index contributed by atoms with van der Waals surface area (Å²) in [5, 5.41) is 22.7. The van der Waals surface area contributed by atoms with E-state index in [-0.39, 0.29) is 22.6 Å². The van der Waals surface area contributed by atoms with Crippen molar-refractivity contribution in [3.05, 3.63) is 83.4 Å². The molecule has 0 saturated carbocycles. The highest BCUT2D eigenvalue weighted by molar-refractivity contribution is 6.09. The fourth-order valence-corrected chi connectivity index (χ4v) is 4.55. The van der Waals surface area contributed by atoms with Crippen molar-refractivity contribution in [3.63, 3.8) is 0 Å². The summed E-state index contributed by atoms with van der Waals surface area (Å²) in [7, 11) is 4.22. The van der Waals surface area contributed by atoms with E-state index in [1.807, 2.05) is 36.4 Å². The van der Waals surface area contributed by atoms with Crippen LogP contribution in [0.4, 0.5) is 5.69 Å². The van der Waals surface area contributed by atoms with Crippen LogP contribution in [0.25, 0.3) is 11.1 Å². The van der Waals surface area contributed by atoms with Crippen LogP contribution >= 0.6 is 0 Å². The fraction of sp³-hybridized carbons (Fsp3) is 0.286. The summed E-state index contributed by atoms with van der Waals surface area (Å²) in [4.78, 5) is 29.5. The summed E-state index contributed by atoms with van der Waals surface area (Å²) in [5.41, 5.74) is 2.89. The Hall–Kier alpha value is -3.68. The molecule has 3 aromatic rings. The summed E-state index contributed by atoms with van der Waals surface area (Å²) in [6.45, 7) is 2.63. The number of phenolic OH excluding ortho intramolecular Hbond substituents is 1. The van der Waals surface area contributed by atoms with E-state index in [4.69, 9.17) is 0 Å². The summed E-state index contributed by atoms with van der Waals surface area (Å²) in [5.74, 6) is -1.84. The number of piperidine rings is 1. The quantitative estimate of drug-likeness (QED) is 0.467. The average molecular weight is 474 g/mol. The molecule has 0 aliphatic carbocycles. The Labute approximate surface area is 205 Å². The molecule has 0 unspecified atom stereocenters. The van der Waals surface area contributed by atoms with Gasteiger partial charge in [-0.05, 0) is 81.0 Å². The highest BCUT2D eigenvalue weighted by Crippen LogP contribution is 2.28. The lowest BCUT2D eigenvalue weighted by Crippen LogP contribution is -2.41. The van der Waals surface area contributed by atoms with Gasteiger partial charge in [-0.15, -0.1) is 0 Å². The number of anilines is 1. The van der Waals surface area contributed by atoms with Crippen LogP contribution in [0.2, 0.25) is 0 Å². The molecule has 0 bridgehead atoms. The zero-order valence-electron chi connectivity index (χ0n) is 20.1. The molecule has 7 heteroatoms. The molecule has 4 rings (SSSR count). The van der Waals surface area contributed by atoms with E-state index in [1.165, 1.54) is 12.1 Å². The molecule has 0 radical (unpaired) electrons. The zero-order chi connectivity index (χ0) is 24.9. The van der Waals surface area contributed by atoms with Crippen LogP contribution in [-0.2, 0) is 6.54 Å². The number of aromatic hydroxyl groups is 1. The molecule has 1 amide bonds. The summed E-state index contributed by atoms with van der Waals surface area (Å²) in [6.07, 6.45) is 2.18. The molecule has 1 fully saturated rings. The van der Waals surface area contributed by atoms with E-state index < -0.39 is 11.9 Å². The van der Waals surface area contributed by atoms with Crippen molar-refractivity contribution < 1.29 is 19.8 Å². The van der Waals surface area contributed by atoms with Gasteiger partial charge in [-0.2, -0.15) is 0 Å². The van der Waals surface area contributed by atoms with Gasteiger partial charge >= 0.3 is 5.97 Å². The van der Waals surface area contributed by atoms with Crippen molar-refractivity contribution >= 4 is 17.6 Å². The van der Waals surface area contributed by atoms with Gasteiger partial charge in [0, 0.05) is 12.6 Å². The topological polar surface area (TPSA) is 93.1 Å². The number of nitrogens with zero attached hydrogens (tertiary/aromatic N) is 2. The molecule has 0 atom stereocenters. The van der Waals surface area contributed by atoms with Crippen molar-refractivity contribution in [3.8, 4) is 16.9 Å². The van der Waals surface area contributed by atoms with Gasteiger partial charge in [0.2, 0.25) is 0 Å². The first-order valence-electron chi connectivity index (χ1n) is 11.8. The van der Waals surface area contributed by atoms with E-state index in [9.17, 15) is 19.8 Å². The number of carboxylic acid groups (broad SMARTS) is 1. The van der Waals surface area contributed by atoms with Gasteiger partial charge in [-0.3, -0.25) is 9.69 Å². The number of hydrogen-bond donors (Lipinski definition) is 3. The summed E-state index contributed by atoms with van der Waals surface area (Å²) in [6, 6.07) is 20.0. The van der Waals surface area contributed by atoms with Crippen LogP contribution in [0.5, 0.6) is 5.75 Å². The Balaban J connectivity index is 1.53. The maximum absolute atomic E-state index is 13.1. The van der Waals surface area contributed by atoms with E-state index in [2.05, 4.69) is 29.2 Å². The minimum atomic E-state index is -1.14. The number of nitrogens with one attached hydrogen (secondary N) is 1. The van der Waals surface area contributed by atoms with E-state index in [0.717, 1.165) is 42.6 Å². The number of phenols is 1. The standard InChI is InChI=1S/C28H31N3O4/c1-30(2)22-12-14-31(15-13-22)18-19-8-11-26(32)24(16-19)27(33)29-25-17-21(9-10-23(25)28(34)35)20-6-4-3-5-7-20/h3-11,16-17,22,32H,12-15,18H2,1-2H3,(H,29,33)(H,34,35). The van der Waals surface area contributed by atoms with Crippen molar-refractivity contribution in [2.24, 2.45) is 0 Å². The molecule has 0 aromatic heterocycles. The molecular formula is C28H31N3O4. The SMILES string of the molecule is CN(C)C1CCN(Cc2ccc(O)c(C(=O)Nc3cc(-c4ccccc4)ccc3C(=O)O)c2)CC1. The molecule has 1 aliphatic heterocycles. The molecule has 35 heavy (non-hydrogen) atoms. The number of carbonyl (C=O) groups is 2. The van der Waals surface area contributed by atoms with Gasteiger partial charge in [-0.25, -0.2) is 4.79 Å². The van der Waals surface area contributed by atoms with Gasteiger partial charge < -0.3 is 20.4 Å². The Bertz CT molecular complexity index is 1200. The minimum Gasteiger partial charge on any atom is -0.507 e. The molecule has 1 saturated heterocycles. The Morgan fingerprint density at radius 3 is 2.31 bits per heavy atom. The smallest absolute Gasteiger partial charge is 0.337 e. The van der Waals surface area contributed by atoms with Crippen LogP contribution in [0.3, 0.4) is 0 Å². The fourth-order valence-electron chi connectivity index (χ4n) is 4.55. The Morgan fingerprint density at radius 2 is 1.66 bits per heavy atom. The lowest BCUT2D eigenvalue weighted by Gasteiger charge is -2.35. The Morgan fingerprint density at radius 1 is 0.943 bits per heavy atom. The first kappa shape index (κ1) is 24.4. The third kappa shape index (κ3) is 5.88. The molecular weight excluding hydrogens is 442 g/mol. The maximum Gasteiger partial charge on any atom is 0.337 e. The van der Waals surface area contributed by atoms with Crippen LogP contribution in [0.15, 0.2) is 66.7 Å². The van der Waals surface area contributed by atoms with E-state index >= 15 is 0 Å². The number of benzene rings is 3. The molecule has 7 nitrogen and oxygen atoms in total. The predicted molar refractivity (Wildman–Crippen MR) is 137 cm³/mol. The normalized spacial score (nSPS) is 14.7. The number of hydrogen-bond acceptors (Lipinski definition) is 5. The average Bonchev–Trinajstić information content (AvgIpc) is 2.86. The van der Waals surface area contributed by atoms with Crippen LogP contribution < -0.4 is 5.32 Å². The van der Waals surface area contributed by atoms with Crippen molar-refractivity contribution in [2.45, 2.75) is 25.4 Å². The van der Waals surface area contributed by atoms with E-state index in [1.54, 1.807) is 18.2 Å². The van der Waals surface area contributed by atoms with Gasteiger partial charge in [0.1, 0.15) is 5.75 Å². The highest BCUT2D eigenvalue weighted by atomic mass is 16.4. The summed E-state index contributed by atoms with van der Waals surface area (Å²) >= 11 is 0. The second-order valence-corrected chi connectivity index (χ2v) is 9.21. The number of carboxylic acids is 1. The van der Waals surface area contributed by atoms with Crippen LogP contribution in [0.1, 0.15) is 39.1 Å². The molecule has 0 spiro atoms. The first-order valence-corrected chi connectivity index (χ1v) is 11.8. The molecule has 1 aliphatic rings. The molecule has 3 aromatic carbocycles. The van der Waals surface area contributed by atoms with Crippen LogP contribution in [0, 0.1) is 0 Å². The third-order valence-corrected chi connectivity index (χ3v) is 6.60. The third-order valence-electron chi connectivity index (χ3n) is 6.60. The number of likely N-dealkylation sites (tertiary alicyclic amines) is 1. The molecule has 182 valence electrons. The number of carbonyl (C=O) groups excluding carboxylic acids is 1. The minimum absolute atomic E-state index is 0.0163. The monoisotopic (exact) mass is 473 g/mol. The van der Waals surface area contributed by atoms with Crippen molar-refractivity contribution in [1.29, 1.82) is 0 Å².